The number of carbonyl (C=O) groups is 1. The molecule has 0 bridgehead atoms. The highest BCUT2D eigenvalue weighted by Crippen LogP contribution is 2.19. The van der Waals surface area contributed by atoms with Gasteiger partial charge in [0, 0.05) is 19.5 Å². The topological polar surface area (TPSA) is 101 Å². The molecular formula is C12H19ClFN3O3S. The molecule has 1 atom stereocenters. The summed E-state index contributed by atoms with van der Waals surface area (Å²) < 4.78 is 39.7. The van der Waals surface area contributed by atoms with E-state index in [1.54, 1.807) is 6.92 Å². The summed E-state index contributed by atoms with van der Waals surface area (Å²) in [6.07, 6.45) is 0.485. The molecule has 0 aliphatic heterocycles. The molecule has 0 saturated carbocycles. The van der Waals surface area contributed by atoms with Gasteiger partial charge in [0.25, 0.3) is 0 Å². The largest absolute Gasteiger partial charge is 0.328 e. The Labute approximate surface area is 129 Å². The third kappa shape index (κ3) is 6.38. The van der Waals surface area contributed by atoms with Gasteiger partial charge in [-0.25, -0.2) is 17.5 Å². The molecule has 0 aliphatic rings. The molecule has 0 radical (unpaired) electrons. The number of hydrogen-bond donors (Lipinski definition) is 3. The van der Waals surface area contributed by atoms with Crippen LogP contribution >= 0.6 is 12.4 Å². The second-order valence-corrected chi connectivity index (χ2v) is 6.25. The number of anilines is 1. The molecule has 0 heterocycles. The Morgan fingerprint density at radius 1 is 1.43 bits per heavy atom. The first-order chi connectivity index (χ1) is 9.22. The van der Waals surface area contributed by atoms with Crippen LogP contribution in [0.25, 0.3) is 0 Å². The number of rotatable bonds is 6. The maximum atomic E-state index is 13.4. The average molecular weight is 340 g/mol. The van der Waals surface area contributed by atoms with Crippen molar-refractivity contribution < 1.29 is 17.6 Å². The molecule has 1 rings (SSSR count). The summed E-state index contributed by atoms with van der Waals surface area (Å²) in [6.45, 7) is 3.16. The molecule has 9 heteroatoms. The van der Waals surface area contributed by atoms with Crippen LogP contribution in [0, 0.1) is 5.82 Å². The number of nitrogens with two attached hydrogens (primary N) is 1. The maximum absolute atomic E-state index is 13.4. The van der Waals surface area contributed by atoms with Gasteiger partial charge in [-0.15, -0.1) is 12.4 Å². The lowest BCUT2D eigenvalue weighted by molar-refractivity contribution is -0.114. The Kier molecular flexibility index (Phi) is 7.80. The Morgan fingerprint density at radius 3 is 2.57 bits per heavy atom. The van der Waals surface area contributed by atoms with Crippen LogP contribution in [0.5, 0.6) is 0 Å². The van der Waals surface area contributed by atoms with E-state index in [0.29, 0.717) is 6.42 Å². The Hall–Kier alpha value is -1.22. The highest BCUT2D eigenvalue weighted by atomic mass is 35.5. The van der Waals surface area contributed by atoms with Gasteiger partial charge in [0.05, 0.1) is 10.6 Å². The molecule has 120 valence electrons. The van der Waals surface area contributed by atoms with E-state index >= 15 is 0 Å². The van der Waals surface area contributed by atoms with Crippen molar-refractivity contribution in [3.8, 4) is 0 Å². The summed E-state index contributed by atoms with van der Waals surface area (Å²) in [5, 5.41) is 2.23. The minimum atomic E-state index is -3.75. The van der Waals surface area contributed by atoms with Gasteiger partial charge < -0.3 is 11.1 Å². The fraction of sp³-hybridized carbons (Fsp3) is 0.417. The highest BCUT2D eigenvalue weighted by molar-refractivity contribution is 7.89. The molecule has 1 unspecified atom stereocenters. The standard InChI is InChI=1S/C12H18FN3O3S.ClH/c1-8(14)5-6-15-20(18,19)10-3-4-11(13)12(7-10)16-9(2)17;/h3-4,7-8,15H,5-6,14H2,1-2H3,(H,16,17);1H. The van der Waals surface area contributed by atoms with E-state index in [-0.39, 0.29) is 35.6 Å². The van der Waals surface area contributed by atoms with Crippen molar-refractivity contribution in [1.29, 1.82) is 0 Å². The van der Waals surface area contributed by atoms with Crippen LogP contribution in [0.3, 0.4) is 0 Å². The first kappa shape index (κ1) is 19.8. The second kappa shape index (κ2) is 8.28. The lowest BCUT2D eigenvalue weighted by Gasteiger charge is -2.10. The molecule has 0 spiro atoms. The van der Waals surface area contributed by atoms with Crippen LogP contribution in [-0.2, 0) is 14.8 Å². The summed E-state index contributed by atoms with van der Waals surface area (Å²) in [5.74, 6) is -1.18. The molecule has 1 aromatic rings. The molecule has 4 N–H and O–H groups in total. The number of benzene rings is 1. The lowest BCUT2D eigenvalue weighted by atomic mass is 10.3. The minimum absolute atomic E-state index is 0. The summed E-state index contributed by atoms with van der Waals surface area (Å²) in [5.41, 5.74) is 5.35. The van der Waals surface area contributed by atoms with Crippen molar-refractivity contribution in [2.45, 2.75) is 31.2 Å². The normalized spacial score (nSPS) is 12.4. The highest BCUT2D eigenvalue weighted by Gasteiger charge is 2.16. The van der Waals surface area contributed by atoms with Gasteiger partial charge >= 0.3 is 0 Å². The summed E-state index contributed by atoms with van der Waals surface area (Å²) in [6, 6.07) is 3.08. The number of nitrogens with one attached hydrogen (secondary N) is 2. The number of hydrogen-bond acceptors (Lipinski definition) is 4. The zero-order valence-electron chi connectivity index (χ0n) is 11.7. The predicted molar refractivity (Wildman–Crippen MR) is 81.4 cm³/mol. The number of halogens is 2. The molecular weight excluding hydrogens is 321 g/mol. The van der Waals surface area contributed by atoms with Crippen molar-refractivity contribution in [3.05, 3.63) is 24.0 Å². The Bertz CT molecular complexity index is 593. The smallest absolute Gasteiger partial charge is 0.240 e. The number of sulfonamides is 1. The summed E-state index contributed by atoms with van der Waals surface area (Å²) >= 11 is 0. The second-order valence-electron chi connectivity index (χ2n) is 4.49. The van der Waals surface area contributed by atoms with E-state index in [2.05, 4.69) is 10.0 Å². The van der Waals surface area contributed by atoms with Crippen molar-refractivity contribution in [2.75, 3.05) is 11.9 Å². The molecule has 0 aliphatic carbocycles. The van der Waals surface area contributed by atoms with Crippen molar-refractivity contribution >= 4 is 34.0 Å². The van der Waals surface area contributed by atoms with Gasteiger partial charge in [-0.05, 0) is 31.5 Å². The van der Waals surface area contributed by atoms with Gasteiger partial charge in [0.15, 0.2) is 0 Å². The van der Waals surface area contributed by atoms with Crippen LogP contribution in [0.2, 0.25) is 0 Å². The maximum Gasteiger partial charge on any atom is 0.240 e. The van der Waals surface area contributed by atoms with Crippen LogP contribution in [0.15, 0.2) is 23.1 Å². The van der Waals surface area contributed by atoms with Gasteiger partial charge in [0.2, 0.25) is 15.9 Å². The SMILES string of the molecule is CC(=O)Nc1cc(S(=O)(=O)NCCC(C)N)ccc1F.Cl. The fourth-order valence-electron chi connectivity index (χ4n) is 1.46. The number of amides is 1. The van der Waals surface area contributed by atoms with E-state index in [0.717, 1.165) is 18.2 Å². The van der Waals surface area contributed by atoms with Crippen molar-refractivity contribution in [1.82, 2.24) is 4.72 Å². The van der Waals surface area contributed by atoms with Crippen molar-refractivity contribution in [2.24, 2.45) is 5.73 Å². The lowest BCUT2D eigenvalue weighted by Crippen LogP contribution is -2.29. The summed E-state index contributed by atoms with van der Waals surface area (Å²) in [7, 11) is -3.75. The van der Waals surface area contributed by atoms with Crippen LogP contribution < -0.4 is 15.8 Å². The van der Waals surface area contributed by atoms with Gasteiger partial charge in [-0.3, -0.25) is 4.79 Å². The predicted octanol–water partition coefficient (Wildman–Crippen LogP) is 1.22. The summed E-state index contributed by atoms with van der Waals surface area (Å²) in [4.78, 5) is 10.8. The van der Waals surface area contributed by atoms with E-state index in [4.69, 9.17) is 5.73 Å². The average Bonchev–Trinajstić information content (AvgIpc) is 2.30. The van der Waals surface area contributed by atoms with Gasteiger partial charge in [-0.2, -0.15) is 0 Å². The molecule has 6 nitrogen and oxygen atoms in total. The van der Waals surface area contributed by atoms with Crippen LogP contribution in [-0.4, -0.2) is 26.9 Å². The first-order valence-electron chi connectivity index (χ1n) is 6.05. The van der Waals surface area contributed by atoms with E-state index in [1.165, 1.54) is 6.92 Å². The third-order valence-electron chi connectivity index (χ3n) is 2.45. The first-order valence-corrected chi connectivity index (χ1v) is 7.53. The molecule has 21 heavy (non-hydrogen) atoms. The van der Waals surface area contributed by atoms with E-state index < -0.39 is 21.7 Å². The Balaban J connectivity index is 0.00000400. The monoisotopic (exact) mass is 339 g/mol. The van der Waals surface area contributed by atoms with Crippen molar-refractivity contribution in [3.63, 3.8) is 0 Å². The van der Waals surface area contributed by atoms with E-state index in [9.17, 15) is 17.6 Å². The minimum Gasteiger partial charge on any atom is -0.328 e. The number of carbonyl (C=O) groups excluding carboxylic acids is 1. The molecule has 1 aromatic carbocycles. The fourth-order valence-corrected chi connectivity index (χ4v) is 2.53. The molecule has 0 aromatic heterocycles. The zero-order chi connectivity index (χ0) is 15.3. The van der Waals surface area contributed by atoms with E-state index in [1.807, 2.05) is 0 Å². The quantitative estimate of drug-likeness (QED) is 0.725. The Morgan fingerprint density at radius 2 is 2.05 bits per heavy atom. The zero-order valence-corrected chi connectivity index (χ0v) is 13.4. The molecule has 1 amide bonds. The molecule has 0 saturated heterocycles. The van der Waals surface area contributed by atoms with Crippen LogP contribution in [0.1, 0.15) is 20.3 Å². The third-order valence-corrected chi connectivity index (χ3v) is 3.91. The van der Waals surface area contributed by atoms with Gasteiger partial charge in [-0.1, -0.05) is 0 Å². The molecule has 0 fully saturated rings. The van der Waals surface area contributed by atoms with Crippen LogP contribution in [0.4, 0.5) is 10.1 Å². The van der Waals surface area contributed by atoms with Gasteiger partial charge in [0.1, 0.15) is 5.82 Å².